The summed E-state index contributed by atoms with van der Waals surface area (Å²) in [5.41, 5.74) is 2.65. The molecule has 13 heavy (non-hydrogen) atoms. The molecule has 2 heterocycles. The van der Waals surface area contributed by atoms with Crippen LogP contribution in [0, 0.1) is 0 Å². The van der Waals surface area contributed by atoms with Crippen molar-refractivity contribution in [3.63, 3.8) is 0 Å². The molecule has 0 spiro atoms. The molecular formula is C10H6N2O. The highest BCUT2D eigenvalue weighted by molar-refractivity contribution is 6.01. The zero-order valence-electron chi connectivity index (χ0n) is 6.77. The lowest BCUT2D eigenvalue weighted by molar-refractivity contribution is 0.616. The van der Waals surface area contributed by atoms with Gasteiger partial charge in [0.25, 0.3) is 0 Å². The second-order valence-electron chi connectivity index (χ2n) is 2.82. The van der Waals surface area contributed by atoms with E-state index in [0.717, 1.165) is 22.0 Å². The Morgan fingerprint density at radius 3 is 2.92 bits per heavy atom. The molecule has 0 aliphatic carbocycles. The second kappa shape index (κ2) is 2.29. The Morgan fingerprint density at radius 2 is 1.92 bits per heavy atom. The van der Waals surface area contributed by atoms with Gasteiger partial charge in [0.1, 0.15) is 5.58 Å². The zero-order chi connectivity index (χ0) is 8.67. The lowest BCUT2D eigenvalue weighted by Crippen LogP contribution is -1.81. The van der Waals surface area contributed by atoms with E-state index in [1.54, 1.807) is 18.7 Å². The summed E-state index contributed by atoms with van der Waals surface area (Å²) >= 11 is 0. The molecule has 3 rings (SSSR count). The Balaban J connectivity index is 2.65. The minimum absolute atomic E-state index is 0.855. The summed E-state index contributed by atoms with van der Waals surface area (Å²) in [7, 11) is 0. The van der Waals surface area contributed by atoms with Gasteiger partial charge < -0.3 is 4.42 Å². The van der Waals surface area contributed by atoms with Crippen molar-refractivity contribution in [3.8, 4) is 0 Å². The van der Waals surface area contributed by atoms with Gasteiger partial charge in [0.15, 0.2) is 0 Å². The first-order valence-corrected chi connectivity index (χ1v) is 4.02. The van der Waals surface area contributed by atoms with Gasteiger partial charge in [-0.3, -0.25) is 9.97 Å². The van der Waals surface area contributed by atoms with Gasteiger partial charge in [-0.2, -0.15) is 0 Å². The molecule has 0 atom stereocenters. The predicted octanol–water partition coefficient (Wildman–Crippen LogP) is 2.38. The standard InChI is InChI=1S/C10H6N2O/c1-2-9-7(3-6-13-9)10-8(1)11-4-5-12-10/h1-6H. The molecule has 3 aromatic rings. The molecule has 0 N–H and O–H groups in total. The first-order valence-electron chi connectivity index (χ1n) is 4.02. The number of furan rings is 1. The van der Waals surface area contributed by atoms with Crippen LogP contribution in [0.5, 0.6) is 0 Å². The number of hydrogen-bond donors (Lipinski definition) is 0. The van der Waals surface area contributed by atoms with Gasteiger partial charge in [-0.25, -0.2) is 0 Å². The highest BCUT2D eigenvalue weighted by Gasteiger charge is 2.02. The number of fused-ring (bicyclic) bond motifs is 3. The molecule has 62 valence electrons. The third-order valence-corrected chi connectivity index (χ3v) is 2.07. The maximum atomic E-state index is 5.26. The molecule has 0 radical (unpaired) electrons. The van der Waals surface area contributed by atoms with Crippen LogP contribution in [-0.4, -0.2) is 9.97 Å². The Hall–Kier alpha value is -1.90. The van der Waals surface area contributed by atoms with Crippen molar-refractivity contribution in [2.75, 3.05) is 0 Å². The van der Waals surface area contributed by atoms with Crippen LogP contribution in [-0.2, 0) is 0 Å². The van der Waals surface area contributed by atoms with Crippen LogP contribution >= 0.6 is 0 Å². The van der Waals surface area contributed by atoms with Gasteiger partial charge in [-0.1, -0.05) is 0 Å². The predicted molar refractivity (Wildman–Crippen MR) is 49.3 cm³/mol. The van der Waals surface area contributed by atoms with E-state index < -0.39 is 0 Å². The fourth-order valence-corrected chi connectivity index (χ4v) is 1.48. The van der Waals surface area contributed by atoms with Crippen molar-refractivity contribution in [2.24, 2.45) is 0 Å². The van der Waals surface area contributed by atoms with Crippen molar-refractivity contribution >= 4 is 22.0 Å². The van der Waals surface area contributed by atoms with E-state index in [1.807, 2.05) is 18.2 Å². The summed E-state index contributed by atoms with van der Waals surface area (Å²) in [6, 6.07) is 5.73. The fraction of sp³-hybridized carbons (Fsp3) is 0. The van der Waals surface area contributed by atoms with E-state index in [9.17, 15) is 0 Å². The molecular weight excluding hydrogens is 164 g/mol. The summed E-state index contributed by atoms with van der Waals surface area (Å²) in [6.45, 7) is 0. The monoisotopic (exact) mass is 170 g/mol. The highest BCUT2D eigenvalue weighted by Crippen LogP contribution is 2.22. The average Bonchev–Trinajstić information content (AvgIpc) is 2.65. The third-order valence-electron chi connectivity index (χ3n) is 2.07. The quantitative estimate of drug-likeness (QED) is 0.520. The Labute approximate surface area is 74.0 Å². The molecule has 3 heteroatoms. The lowest BCUT2D eigenvalue weighted by atomic mass is 10.2. The summed E-state index contributed by atoms with van der Waals surface area (Å²) < 4.78 is 5.26. The minimum atomic E-state index is 0.855. The van der Waals surface area contributed by atoms with Crippen molar-refractivity contribution in [2.45, 2.75) is 0 Å². The maximum absolute atomic E-state index is 5.26. The van der Waals surface area contributed by atoms with Crippen molar-refractivity contribution < 1.29 is 4.42 Å². The Morgan fingerprint density at radius 1 is 1.00 bits per heavy atom. The van der Waals surface area contributed by atoms with Crippen LogP contribution in [0.4, 0.5) is 0 Å². The molecule has 0 bridgehead atoms. The number of benzene rings is 1. The largest absolute Gasteiger partial charge is 0.464 e. The van der Waals surface area contributed by atoms with Crippen LogP contribution in [0.3, 0.4) is 0 Å². The van der Waals surface area contributed by atoms with E-state index in [2.05, 4.69) is 9.97 Å². The maximum Gasteiger partial charge on any atom is 0.136 e. The molecule has 1 aromatic carbocycles. The average molecular weight is 170 g/mol. The first kappa shape index (κ1) is 6.60. The number of rotatable bonds is 0. The van der Waals surface area contributed by atoms with Crippen LogP contribution < -0.4 is 0 Å². The SMILES string of the molecule is c1cnc2c(ccc3occc32)n1. The first-order chi connectivity index (χ1) is 6.45. The lowest BCUT2D eigenvalue weighted by Gasteiger charge is -1.94. The molecule has 3 nitrogen and oxygen atoms in total. The van der Waals surface area contributed by atoms with Gasteiger partial charge in [0.05, 0.1) is 17.3 Å². The van der Waals surface area contributed by atoms with Crippen molar-refractivity contribution in [3.05, 3.63) is 36.9 Å². The fourth-order valence-electron chi connectivity index (χ4n) is 1.48. The van der Waals surface area contributed by atoms with Gasteiger partial charge in [-0.15, -0.1) is 0 Å². The Bertz CT molecular complexity index is 571. The summed E-state index contributed by atoms with van der Waals surface area (Å²) in [5, 5.41) is 1.02. The topological polar surface area (TPSA) is 38.9 Å². The molecule has 0 saturated heterocycles. The smallest absolute Gasteiger partial charge is 0.136 e. The van der Waals surface area contributed by atoms with Crippen LogP contribution in [0.1, 0.15) is 0 Å². The van der Waals surface area contributed by atoms with Gasteiger partial charge in [0.2, 0.25) is 0 Å². The van der Waals surface area contributed by atoms with Gasteiger partial charge >= 0.3 is 0 Å². The number of nitrogens with zero attached hydrogens (tertiary/aromatic N) is 2. The molecule has 0 unspecified atom stereocenters. The van der Waals surface area contributed by atoms with Crippen molar-refractivity contribution in [1.29, 1.82) is 0 Å². The van der Waals surface area contributed by atoms with Gasteiger partial charge in [0, 0.05) is 17.8 Å². The van der Waals surface area contributed by atoms with E-state index in [-0.39, 0.29) is 0 Å². The summed E-state index contributed by atoms with van der Waals surface area (Å²) in [6.07, 6.45) is 5.04. The van der Waals surface area contributed by atoms with E-state index in [0.29, 0.717) is 0 Å². The van der Waals surface area contributed by atoms with Gasteiger partial charge in [-0.05, 0) is 18.2 Å². The number of hydrogen-bond acceptors (Lipinski definition) is 3. The van der Waals surface area contributed by atoms with Crippen molar-refractivity contribution in [1.82, 2.24) is 9.97 Å². The highest BCUT2D eigenvalue weighted by atomic mass is 16.3. The second-order valence-corrected chi connectivity index (χ2v) is 2.82. The molecule has 0 saturated carbocycles. The van der Waals surface area contributed by atoms with Crippen LogP contribution in [0.15, 0.2) is 41.3 Å². The molecule has 0 fully saturated rings. The molecule has 2 aromatic heterocycles. The van der Waals surface area contributed by atoms with E-state index in [1.165, 1.54) is 0 Å². The summed E-state index contributed by atoms with van der Waals surface area (Å²) in [4.78, 5) is 8.47. The minimum Gasteiger partial charge on any atom is -0.464 e. The van der Waals surface area contributed by atoms with E-state index in [4.69, 9.17) is 4.42 Å². The number of aromatic nitrogens is 2. The molecule has 0 aliphatic heterocycles. The summed E-state index contributed by atoms with van der Waals surface area (Å²) in [5.74, 6) is 0. The zero-order valence-corrected chi connectivity index (χ0v) is 6.77. The van der Waals surface area contributed by atoms with E-state index >= 15 is 0 Å². The Kier molecular flexibility index (Phi) is 1.16. The molecule has 0 amide bonds. The third kappa shape index (κ3) is 0.839. The van der Waals surface area contributed by atoms with Crippen LogP contribution in [0.25, 0.3) is 22.0 Å². The van der Waals surface area contributed by atoms with Crippen LogP contribution in [0.2, 0.25) is 0 Å². The normalized spacial score (nSPS) is 11.1. The molecule has 0 aliphatic rings.